The van der Waals surface area contributed by atoms with Gasteiger partial charge in [-0.15, -0.1) is 11.3 Å². The number of sulfonamides is 1. The number of rotatable bonds is 9. The van der Waals surface area contributed by atoms with E-state index in [0.717, 1.165) is 34.5 Å². The Morgan fingerprint density at radius 1 is 1.17 bits per heavy atom. The van der Waals surface area contributed by atoms with E-state index in [1.165, 1.54) is 6.07 Å². The standard InChI is InChI=1S/C22H27ClN2O3S2/c1-4-14(11-16-12-18(28-3)7-9-21(16)30(24,26)27)10-15(5-2)22-25-19-8-6-17(23)13-20(19)29-22/h6-9,12-15H,4-5,10-11H2,1-3H3,(H2,24,26,27). The third-order valence-corrected chi connectivity index (χ3v) is 7.91. The van der Waals surface area contributed by atoms with Gasteiger partial charge < -0.3 is 4.74 Å². The van der Waals surface area contributed by atoms with Gasteiger partial charge in [0.15, 0.2) is 0 Å². The van der Waals surface area contributed by atoms with E-state index < -0.39 is 10.0 Å². The Kier molecular flexibility index (Phi) is 7.39. The lowest BCUT2D eigenvalue weighted by Crippen LogP contribution is -2.17. The first kappa shape index (κ1) is 23.0. The molecule has 0 aliphatic carbocycles. The molecular weight excluding hydrogens is 440 g/mol. The van der Waals surface area contributed by atoms with E-state index in [4.69, 9.17) is 26.5 Å². The van der Waals surface area contributed by atoms with Crippen LogP contribution in [0.25, 0.3) is 10.2 Å². The van der Waals surface area contributed by atoms with Crippen molar-refractivity contribution in [2.45, 2.75) is 50.3 Å². The second-order valence-electron chi connectivity index (χ2n) is 7.50. The Balaban J connectivity index is 1.86. The molecule has 2 unspecified atom stereocenters. The minimum atomic E-state index is -3.80. The second-order valence-corrected chi connectivity index (χ2v) is 10.5. The molecule has 2 atom stereocenters. The molecule has 3 aromatic rings. The summed E-state index contributed by atoms with van der Waals surface area (Å²) < 4.78 is 30.5. The molecule has 8 heteroatoms. The van der Waals surface area contributed by atoms with E-state index in [2.05, 4.69) is 13.8 Å². The van der Waals surface area contributed by atoms with Crippen LogP contribution in [0.15, 0.2) is 41.3 Å². The second kappa shape index (κ2) is 9.64. The van der Waals surface area contributed by atoms with Crippen molar-refractivity contribution in [2.75, 3.05) is 7.11 Å². The molecule has 162 valence electrons. The zero-order valence-electron chi connectivity index (χ0n) is 17.4. The number of primary sulfonamides is 1. The van der Waals surface area contributed by atoms with Crippen LogP contribution in [0, 0.1) is 5.92 Å². The fourth-order valence-corrected chi connectivity index (χ4v) is 5.97. The zero-order valence-corrected chi connectivity index (χ0v) is 19.8. The van der Waals surface area contributed by atoms with E-state index in [-0.39, 0.29) is 10.8 Å². The Labute approximate surface area is 187 Å². The summed E-state index contributed by atoms with van der Waals surface area (Å²) in [6.45, 7) is 4.30. The number of benzene rings is 2. The summed E-state index contributed by atoms with van der Waals surface area (Å²) >= 11 is 7.81. The van der Waals surface area contributed by atoms with E-state index in [1.54, 1.807) is 30.6 Å². The molecule has 0 spiro atoms. The maximum absolute atomic E-state index is 12.1. The van der Waals surface area contributed by atoms with Gasteiger partial charge in [-0.1, -0.05) is 31.9 Å². The van der Waals surface area contributed by atoms with E-state index in [9.17, 15) is 8.42 Å². The highest BCUT2D eigenvalue weighted by atomic mass is 35.5. The summed E-state index contributed by atoms with van der Waals surface area (Å²) in [4.78, 5) is 5.00. The minimum Gasteiger partial charge on any atom is -0.497 e. The van der Waals surface area contributed by atoms with Crippen LogP contribution in [0.5, 0.6) is 5.75 Å². The van der Waals surface area contributed by atoms with Gasteiger partial charge in [-0.3, -0.25) is 0 Å². The van der Waals surface area contributed by atoms with Crippen LogP contribution in [-0.4, -0.2) is 20.5 Å². The number of ether oxygens (including phenoxy) is 1. The third-order valence-electron chi connectivity index (χ3n) is 5.49. The molecule has 0 aliphatic rings. The topological polar surface area (TPSA) is 82.3 Å². The molecule has 0 saturated carbocycles. The van der Waals surface area contributed by atoms with Crippen LogP contribution in [0.2, 0.25) is 5.02 Å². The fraction of sp³-hybridized carbons (Fsp3) is 0.409. The summed E-state index contributed by atoms with van der Waals surface area (Å²) in [5, 5.41) is 7.27. The predicted molar refractivity (Wildman–Crippen MR) is 124 cm³/mol. The third kappa shape index (κ3) is 5.32. The van der Waals surface area contributed by atoms with Gasteiger partial charge in [-0.25, -0.2) is 18.5 Å². The molecule has 0 amide bonds. The molecule has 5 nitrogen and oxygen atoms in total. The van der Waals surface area contributed by atoms with Crippen LogP contribution < -0.4 is 9.88 Å². The fourth-order valence-electron chi connectivity index (χ4n) is 3.76. The first-order chi connectivity index (χ1) is 14.2. The average Bonchev–Trinajstić information content (AvgIpc) is 3.12. The molecule has 1 aromatic heterocycles. The molecule has 1 heterocycles. The lowest BCUT2D eigenvalue weighted by molar-refractivity contribution is 0.402. The molecule has 0 fully saturated rings. The summed E-state index contributed by atoms with van der Waals surface area (Å²) in [5.74, 6) is 1.22. The van der Waals surface area contributed by atoms with E-state index in [1.807, 2.05) is 18.2 Å². The number of methoxy groups -OCH3 is 1. The average molecular weight is 467 g/mol. The quantitative estimate of drug-likeness (QED) is 0.434. The van der Waals surface area contributed by atoms with Crippen LogP contribution in [0.1, 0.15) is 49.6 Å². The first-order valence-corrected chi connectivity index (χ1v) is 12.7. The predicted octanol–water partition coefficient (Wildman–Crippen LogP) is 5.76. The number of nitrogens with zero attached hydrogens (tertiary/aromatic N) is 1. The van der Waals surface area contributed by atoms with Crippen molar-refractivity contribution >= 4 is 43.2 Å². The number of nitrogens with two attached hydrogens (primary N) is 1. The Morgan fingerprint density at radius 3 is 2.57 bits per heavy atom. The molecule has 30 heavy (non-hydrogen) atoms. The van der Waals surface area contributed by atoms with Gasteiger partial charge in [0, 0.05) is 10.9 Å². The van der Waals surface area contributed by atoms with Crippen LogP contribution in [0.4, 0.5) is 0 Å². The number of thiazole rings is 1. The molecule has 2 N–H and O–H groups in total. The highest BCUT2D eigenvalue weighted by Crippen LogP contribution is 2.36. The van der Waals surface area contributed by atoms with Gasteiger partial charge in [-0.2, -0.15) is 0 Å². The van der Waals surface area contributed by atoms with Crippen molar-refractivity contribution in [3.05, 3.63) is 52.0 Å². The molecule has 0 aliphatic heterocycles. The number of halogens is 1. The van der Waals surface area contributed by atoms with Crippen molar-refractivity contribution in [3.8, 4) is 5.75 Å². The van der Waals surface area contributed by atoms with Crippen molar-refractivity contribution in [2.24, 2.45) is 11.1 Å². The molecule has 0 bridgehead atoms. The Hall–Kier alpha value is -1.67. The van der Waals surface area contributed by atoms with Gasteiger partial charge in [0.25, 0.3) is 0 Å². The normalized spacial score (nSPS) is 14.0. The highest BCUT2D eigenvalue weighted by Gasteiger charge is 2.23. The van der Waals surface area contributed by atoms with Crippen LogP contribution in [-0.2, 0) is 16.4 Å². The summed E-state index contributed by atoms with van der Waals surface area (Å²) in [6.07, 6.45) is 3.42. The zero-order chi connectivity index (χ0) is 21.9. The lowest BCUT2D eigenvalue weighted by Gasteiger charge is -2.21. The molecule has 0 saturated heterocycles. The summed E-state index contributed by atoms with van der Waals surface area (Å²) in [6, 6.07) is 10.7. The van der Waals surface area contributed by atoms with Gasteiger partial charge in [0.1, 0.15) is 5.75 Å². The van der Waals surface area contributed by atoms with Crippen LogP contribution in [0.3, 0.4) is 0 Å². The van der Waals surface area contributed by atoms with Crippen molar-refractivity contribution in [3.63, 3.8) is 0 Å². The molecular formula is C22H27ClN2O3S2. The van der Waals surface area contributed by atoms with Crippen molar-refractivity contribution in [1.29, 1.82) is 0 Å². The number of fused-ring (bicyclic) bond motifs is 1. The summed E-state index contributed by atoms with van der Waals surface area (Å²) in [5.41, 5.74) is 1.67. The van der Waals surface area contributed by atoms with Crippen molar-refractivity contribution < 1.29 is 13.2 Å². The smallest absolute Gasteiger partial charge is 0.238 e. The number of hydrogen-bond donors (Lipinski definition) is 1. The van der Waals surface area contributed by atoms with E-state index in [0.29, 0.717) is 28.7 Å². The Bertz CT molecular complexity index is 1130. The monoisotopic (exact) mass is 466 g/mol. The summed E-state index contributed by atoms with van der Waals surface area (Å²) in [7, 11) is -2.23. The van der Waals surface area contributed by atoms with Gasteiger partial charge in [-0.05, 0) is 67.1 Å². The first-order valence-electron chi connectivity index (χ1n) is 10.0. The Morgan fingerprint density at radius 2 is 1.93 bits per heavy atom. The minimum absolute atomic E-state index is 0.171. The SMILES string of the molecule is CCC(Cc1cc(OC)ccc1S(N)(=O)=O)CC(CC)c1nc2ccc(Cl)cc2s1. The molecule has 0 radical (unpaired) electrons. The van der Waals surface area contributed by atoms with Crippen molar-refractivity contribution in [1.82, 2.24) is 4.98 Å². The van der Waals surface area contributed by atoms with E-state index >= 15 is 0 Å². The van der Waals surface area contributed by atoms with Gasteiger partial charge in [0.05, 0.1) is 27.2 Å². The maximum Gasteiger partial charge on any atom is 0.238 e. The van der Waals surface area contributed by atoms with Gasteiger partial charge in [0.2, 0.25) is 10.0 Å². The number of hydrogen-bond acceptors (Lipinski definition) is 5. The lowest BCUT2D eigenvalue weighted by atomic mass is 9.86. The largest absolute Gasteiger partial charge is 0.497 e. The highest BCUT2D eigenvalue weighted by molar-refractivity contribution is 7.89. The van der Waals surface area contributed by atoms with Gasteiger partial charge >= 0.3 is 0 Å². The molecule has 3 rings (SSSR count). The number of aromatic nitrogens is 1. The maximum atomic E-state index is 12.1. The van der Waals surface area contributed by atoms with Crippen LogP contribution >= 0.6 is 22.9 Å². The molecule has 2 aromatic carbocycles.